The highest BCUT2D eigenvalue weighted by Crippen LogP contribution is 2.22. The summed E-state index contributed by atoms with van der Waals surface area (Å²) in [6.07, 6.45) is -0.161. The molecule has 1 fully saturated rings. The fourth-order valence-corrected chi connectivity index (χ4v) is 3.43. The van der Waals surface area contributed by atoms with Gasteiger partial charge in [-0.15, -0.1) is 0 Å². The summed E-state index contributed by atoms with van der Waals surface area (Å²) in [6, 6.07) is 3.71. The van der Waals surface area contributed by atoms with E-state index in [1.165, 1.54) is 23.4 Å². The van der Waals surface area contributed by atoms with Gasteiger partial charge in [-0.2, -0.15) is 4.31 Å². The fourth-order valence-electron chi connectivity index (χ4n) is 1.86. The maximum absolute atomic E-state index is 13.1. The Bertz CT molecular complexity index is 530. The van der Waals surface area contributed by atoms with Crippen LogP contribution >= 0.6 is 0 Å². The molecule has 0 radical (unpaired) electrons. The Kier molecular flexibility index (Phi) is 3.20. The summed E-state index contributed by atoms with van der Waals surface area (Å²) >= 11 is 0. The number of halogens is 1. The summed E-state index contributed by atoms with van der Waals surface area (Å²) in [6.45, 7) is 1.94. The number of aliphatic hydroxyl groups is 1. The minimum absolute atomic E-state index is 0.0745. The van der Waals surface area contributed by atoms with E-state index in [0.717, 1.165) is 6.07 Å². The highest BCUT2D eigenvalue weighted by Gasteiger charge is 2.31. The monoisotopic (exact) mass is 259 g/mol. The van der Waals surface area contributed by atoms with Crippen LogP contribution in [0.3, 0.4) is 0 Å². The Balaban J connectivity index is 2.35. The average Bonchev–Trinajstić information content (AvgIpc) is 2.69. The normalized spacial score (nSPS) is 21.9. The van der Waals surface area contributed by atoms with Gasteiger partial charge >= 0.3 is 0 Å². The van der Waals surface area contributed by atoms with Crippen LogP contribution in [0.5, 0.6) is 0 Å². The van der Waals surface area contributed by atoms with Crippen molar-refractivity contribution in [3.8, 4) is 0 Å². The first kappa shape index (κ1) is 12.5. The summed E-state index contributed by atoms with van der Waals surface area (Å²) in [5, 5.41) is 9.34. The Morgan fingerprint density at radius 1 is 1.47 bits per heavy atom. The van der Waals surface area contributed by atoms with E-state index in [1.807, 2.05) is 0 Å². The molecule has 1 aliphatic rings. The molecule has 0 unspecified atom stereocenters. The maximum atomic E-state index is 13.1. The lowest BCUT2D eigenvalue weighted by molar-refractivity contribution is 0.189. The maximum Gasteiger partial charge on any atom is 0.243 e. The molecule has 1 aromatic carbocycles. The Hall–Kier alpha value is -0.980. The second kappa shape index (κ2) is 4.36. The molecule has 2 rings (SSSR count). The van der Waals surface area contributed by atoms with Crippen molar-refractivity contribution < 1.29 is 17.9 Å². The third-order valence-electron chi connectivity index (χ3n) is 2.89. The highest BCUT2D eigenvalue weighted by molar-refractivity contribution is 7.89. The van der Waals surface area contributed by atoms with Crippen LogP contribution in [0.1, 0.15) is 12.0 Å². The quantitative estimate of drug-likeness (QED) is 0.858. The molecule has 94 valence electrons. The van der Waals surface area contributed by atoms with Crippen molar-refractivity contribution >= 4 is 10.0 Å². The van der Waals surface area contributed by atoms with Crippen LogP contribution in [-0.2, 0) is 10.0 Å². The molecule has 1 aliphatic heterocycles. The minimum Gasteiger partial charge on any atom is -0.392 e. The lowest BCUT2D eigenvalue weighted by Gasteiger charge is -2.16. The predicted octanol–water partition coefficient (Wildman–Crippen LogP) is 0.889. The average molecular weight is 259 g/mol. The Morgan fingerprint density at radius 3 is 2.71 bits per heavy atom. The third kappa shape index (κ3) is 2.34. The van der Waals surface area contributed by atoms with Crippen LogP contribution in [0.4, 0.5) is 4.39 Å². The first-order valence-electron chi connectivity index (χ1n) is 5.35. The summed E-state index contributed by atoms with van der Waals surface area (Å²) in [5.74, 6) is -0.426. The summed E-state index contributed by atoms with van der Waals surface area (Å²) in [4.78, 5) is 0.0745. The van der Waals surface area contributed by atoms with Crippen molar-refractivity contribution in [1.29, 1.82) is 0 Å². The molecule has 17 heavy (non-hydrogen) atoms. The lowest BCUT2D eigenvalue weighted by atomic mass is 10.2. The largest absolute Gasteiger partial charge is 0.392 e. The van der Waals surface area contributed by atoms with Gasteiger partial charge in [0.15, 0.2) is 0 Å². The van der Waals surface area contributed by atoms with Gasteiger partial charge in [-0.3, -0.25) is 0 Å². The van der Waals surface area contributed by atoms with Gasteiger partial charge in [-0.25, -0.2) is 12.8 Å². The van der Waals surface area contributed by atoms with E-state index >= 15 is 0 Å². The minimum atomic E-state index is -3.60. The van der Waals surface area contributed by atoms with Crippen LogP contribution in [-0.4, -0.2) is 37.0 Å². The first-order chi connectivity index (χ1) is 7.91. The van der Waals surface area contributed by atoms with Crippen molar-refractivity contribution in [1.82, 2.24) is 4.31 Å². The van der Waals surface area contributed by atoms with Gasteiger partial charge in [-0.1, -0.05) is 0 Å². The predicted molar refractivity (Wildman–Crippen MR) is 60.5 cm³/mol. The van der Waals surface area contributed by atoms with Gasteiger partial charge in [0.25, 0.3) is 0 Å². The van der Waals surface area contributed by atoms with Crippen molar-refractivity contribution in [3.05, 3.63) is 29.6 Å². The van der Waals surface area contributed by atoms with E-state index in [9.17, 15) is 17.9 Å². The van der Waals surface area contributed by atoms with Crippen LogP contribution in [0.25, 0.3) is 0 Å². The van der Waals surface area contributed by atoms with Crippen LogP contribution < -0.4 is 0 Å². The molecule has 1 aromatic rings. The number of rotatable bonds is 2. The highest BCUT2D eigenvalue weighted by atomic mass is 32.2. The van der Waals surface area contributed by atoms with Gasteiger partial charge in [0.05, 0.1) is 11.0 Å². The van der Waals surface area contributed by atoms with E-state index in [1.54, 1.807) is 0 Å². The van der Waals surface area contributed by atoms with E-state index in [0.29, 0.717) is 18.5 Å². The van der Waals surface area contributed by atoms with E-state index in [2.05, 4.69) is 0 Å². The molecule has 6 heteroatoms. The van der Waals surface area contributed by atoms with E-state index in [4.69, 9.17) is 0 Å². The zero-order valence-corrected chi connectivity index (χ0v) is 10.2. The van der Waals surface area contributed by atoms with E-state index in [-0.39, 0.29) is 11.4 Å². The van der Waals surface area contributed by atoms with Crippen molar-refractivity contribution in [2.45, 2.75) is 24.3 Å². The first-order valence-corrected chi connectivity index (χ1v) is 6.79. The number of hydrogen-bond donors (Lipinski definition) is 1. The smallest absolute Gasteiger partial charge is 0.243 e. The lowest BCUT2D eigenvalue weighted by Crippen LogP contribution is -2.29. The molecular formula is C11H14FNO3S. The number of aliphatic hydroxyl groups excluding tert-OH is 1. The van der Waals surface area contributed by atoms with Gasteiger partial charge in [-0.05, 0) is 37.1 Å². The Morgan fingerprint density at radius 2 is 2.18 bits per heavy atom. The SMILES string of the molecule is Cc1cc(S(=O)(=O)N2CC[C@@H](O)C2)ccc1F. The molecule has 1 heterocycles. The molecule has 0 aromatic heterocycles. The van der Waals surface area contributed by atoms with Gasteiger partial charge < -0.3 is 5.11 Å². The molecule has 0 spiro atoms. The van der Waals surface area contributed by atoms with Gasteiger partial charge in [0.1, 0.15) is 5.82 Å². The third-order valence-corrected chi connectivity index (χ3v) is 4.75. The summed E-state index contributed by atoms with van der Waals surface area (Å²) < 4.78 is 38.6. The standard InChI is InChI=1S/C11H14FNO3S/c1-8-6-10(2-3-11(8)12)17(15,16)13-5-4-9(14)7-13/h2-3,6,9,14H,4-5,7H2,1H3/t9-/m1/s1. The van der Waals surface area contributed by atoms with E-state index < -0.39 is 21.9 Å². The fraction of sp³-hybridized carbons (Fsp3) is 0.455. The van der Waals surface area contributed by atoms with Crippen LogP contribution in [0.2, 0.25) is 0 Å². The molecule has 0 saturated carbocycles. The number of aryl methyl sites for hydroxylation is 1. The molecule has 0 amide bonds. The van der Waals surface area contributed by atoms with Crippen molar-refractivity contribution in [2.75, 3.05) is 13.1 Å². The molecular weight excluding hydrogens is 245 g/mol. The van der Waals surface area contributed by atoms with Gasteiger partial charge in [0, 0.05) is 13.1 Å². The molecule has 0 bridgehead atoms. The van der Waals surface area contributed by atoms with Crippen molar-refractivity contribution in [3.63, 3.8) is 0 Å². The molecule has 0 aliphatic carbocycles. The molecule has 4 nitrogen and oxygen atoms in total. The Labute approximate surface area is 99.7 Å². The zero-order valence-electron chi connectivity index (χ0n) is 9.43. The number of benzene rings is 1. The van der Waals surface area contributed by atoms with Gasteiger partial charge in [0.2, 0.25) is 10.0 Å². The second-order valence-corrected chi connectivity index (χ2v) is 6.15. The second-order valence-electron chi connectivity index (χ2n) is 4.22. The van der Waals surface area contributed by atoms with Crippen LogP contribution in [0.15, 0.2) is 23.1 Å². The number of nitrogens with zero attached hydrogens (tertiary/aromatic N) is 1. The van der Waals surface area contributed by atoms with Crippen LogP contribution in [0, 0.1) is 12.7 Å². The number of β-amino-alcohol motifs (C(OH)–C–C–N with tert-alkyl or cyclic N) is 1. The summed E-state index contributed by atoms with van der Waals surface area (Å²) in [7, 11) is -3.60. The molecule has 1 saturated heterocycles. The molecule has 1 N–H and O–H groups in total. The topological polar surface area (TPSA) is 57.6 Å². The molecule has 1 atom stereocenters. The number of sulfonamides is 1. The summed E-state index contributed by atoms with van der Waals surface area (Å²) in [5.41, 5.74) is 0.297. The van der Waals surface area contributed by atoms with Crippen molar-refractivity contribution in [2.24, 2.45) is 0 Å². The number of hydrogen-bond acceptors (Lipinski definition) is 3. The zero-order chi connectivity index (χ0) is 12.6.